The first kappa shape index (κ1) is 29.8. The van der Waals surface area contributed by atoms with Gasteiger partial charge in [0.1, 0.15) is 17.7 Å². The molecule has 9 heteroatoms. The number of carbonyl (C=O) groups is 3. The van der Waals surface area contributed by atoms with E-state index in [2.05, 4.69) is 30.2 Å². The molecule has 0 aromatic heterocycles. The van der Waals surface area contributed by atoms with Gasteiger partial charge in [0.15, 0.2) is 0 Å². The van der Waals surface area contributed by atoms with Crippen molar-refractivity contribution in [2.45, 2.75) is 78.5 Å². The Balaban J connectivity index is 3.31. The second-order valence-electron chi connectivity index (χ2n) is 9.40. The zero-order chi connectivity index (χ0) is 25.9. The average molecular weight is 496 g/mol. The SMILES string of the molecule is CCCCCNC(=O)C(c1ccc(C)cc1C)N(CCO)C(=O)C(CS)NC(=O)OC(C)(C)C. The molecule has 0 saturated carbocycles. The van der Waals surface area contributed by atoms with E-state index >= 15 is 0 Å². The molecule has 0 saturated heterocycles. The third-order valence-electron chi connectivity index (χ3n) is 5.16. The van der Waals surface area contributed by atoms with E-state index in [0.717, 1.165) is 30.4 Å². The molecule has 1 rings (SSSR count). The van der Waals surface area contributed by atoms with Gasteiger partial charge in [-0.15, -0.1) is 0 Å². The van der Waals surface area contributed by atoms with Crippen molar-refractivity contribution in [1.82, 2.24) is 15.5 Å². The van der Waals surface area contributed by atoms with Gasteiger partial charge in [0.25, 0.3) is 0 Å². The fourth-order valence-corrected chi connectivity index (χ4v) is 3.82. The van der Waals surface area contributed by atoms with E-state index in [4.69, 9.17) is 4.74 Å². The van der Waals surface area contributed by atoms with Crippen molar-refractivity contribution in [3.63, 3.8) is 0 Å². The van der Waals surface area contributed by atoms with Gasteiger partial charge >= 0.3 is 6.09 Å². The standard InChI is InChI=1S/C25H41N3O5S/c1-7-8-9-12-26-22(30)21(19-11-10-17(2)15-18(19)3)28(13-14-29)23(31)20(16-34)27-24(32)33-25(4,5)6/h10-11,15,20-21,29,34H,7-9,12-14,16H2,1-6H3,(H,26,30)(H,27,32). The predicted molar refractivity (Wildman–Crippen MR) is 137 cm³/mol. The number of hydrogen-bond donors (Lipinski definition) is 4. The summed E-state index contributed by atoms with van der Waals surface area (Å²) in [5.74, 6) is -0.860. The number of aryl methyl sites for hydroxylation is 2. The molecule has 0 heterocycles. The highest BCUT2D eigenvalue weighted by Crippen LogP contribution is 2.26. The summed E-state index contributed by atoms with van der Waals surface area (Å²) in [6.07, 6.45) is 2.08. The van der Waals surface area contributed by atoms with Crippen LogP contribution in [0.3, 0.4) is 0 Å². The number of aliphatic hydroxyl groups excluding tert-OH is 1. The molecule has 3 N–H and O–H groups in total. The van der Waals surface area contributed by atoms with Crippen LogP contribution >= 0.6 is 12.6 Å². The van der Waals surface area contributed by atoms with Gasteiger partial charge in [-0.05, 0) is 52.2 Å². The topological polar surface area (TPSA) is 108 Å². The molecule has 8 nitrogen and oxygen atoms in total. The lowest BCUT2D eigenvalue weighted by Crippen LogP contribution is -2.54. The molecule has 0 aliphatic rings. The lowest BCUT2D eigenvalue weighted by Gasteiger charge is -2.34. The summed E-state index contributed by atoms with van der Waals surface area (Å²) in [5, 5.41) is 15.2. The molecule has 2 atom stereocenters. The molecule has 0 bridgehead atoms. The van der Waals surface area contributed by atoms with E-state index in [1.165, 1.54) is 4.90 Å². The third-order valence-corrected chi connectivity index (χ3v) is 5.52. The lowest BCUT2D eigenvalue weighted by molar-refractivity contribution is -0.142. The number of amides is 3. The Bertz CT molecular complexity index is 825. The number of hydrogen-bond acceptors (Lipinski definition) is 6. The normalized spacial score (nSPS) is 13.1. The molecule has 0 aliphatic carbocycles. The Morgan fingerprint density at radius 3 is 2.38 bits per heavy atom. The second-order valence-corrected chi connectivity index (χ2v) is 9.76. The minimum absolute atomic E-state index is 0.00226. The van der Waals surface area contributed by atoms with Crippen molar-refractivity contribution in [3.8, 4) is 0 Å². The van der Waals surface area contributed by atoms with Crippen LogP contribution in [0.4, 0.5) is 4.79 Å². The maximum absolute atomic E-state index is 13.6. The zero-order valence-corrected chi connectivity index (χ0v) is 22.2. The van der Waals surface area contributed by atoms with E-state index in [-0.39, 0.29) is 24.8 Å². The van der Waals surface area contributed by atoms with Crippen molar-refractivity contribution in [3.05, 3.63) is 34.9 Å². The molecule has 0 aliphatic heterocycles. The first-order valence-corrected chi connectivity index (χ1v) is 12.4. The lowest BCUT2D eigenvalue weighted by atomic mass is 9.96. The Hall–Kier alpha value is -2.26. The van der Waals surface area contributed by atoms with Crippen molar-refractivity contribution in [1.29, 1.82) is 0 Å². The van der Waals surface area contributed by atoms with Crippen LogP contribution < -0.4 is 10.6 Å². The number of rotatable bonds is 12. The van der Waals surface area contributed by atoms with Crippen molar-refractivity contribution in [2.24, 2.45) is 0 Å². The van der Waals surface area contributed by atoms with Crippen LogP contribution in [0.1, 0.15) is 69.7 Å². The maximum atomic E-state index is 13.6. The zero-order valence-electron chi connectivity index (χ0n) is 21.3. The molecular formula is C25H41N3O5S. The number of unbranched alkanes of at least 4 members (excludes halogenated alkanes) is 2. The molecule has 34 heavy (non-hydrogen) atoms. The van der Waals surface area contributed by atoms with Crippen molar-refractivity contribution in [2.75, 3.05) is 25.4 Å². The molecule has 0 spiro atoms. The Labute approximate surface area is 209 Å². The number of alkyl carbamates (subject to hydrolysis) is 1. The van der Waals surface area contributed by atoms with Crippen molar-refractivity contribution < 1.29 is 24.2 Å². The fraction of sp³-hybridized carbons (Fsp3) is 0.640. The van der Waals surface area contributed by atoms with Crippen LogP contribution in [-0.2, 0) is 14.3 Å². The van der Waals surface area contributed by atoms with E-state index in [0.29, 0.717) is 12.1 Å². The van der Waals surface area contributed by atoms with Crippen LogP contribution in [0.2, 0.25) is 0 Å². The number of aliphatic hydroxyl groups is 1. The fourth-order valence-electron chi connectivity index (χ4n) is 3.58. The Morgan fingerprint density at radius 2 is 1.85 bits per heavy atom. The summed E-state index contributed by atoms with van der Waals surface area (Å²) in [4.78, 5) is 40.5. The van der Waals surface area contributed by atoms with Gasteiger partial charge in [-0.25, -0.2) is 4.79 Å². The van der Waals surface area contributed by atoms with Gasteiger partial charge in [0.05, 0.1) is 6.61 Å². The van der Waals surface area contributed by atoms with Gasteiger partial charge in [-0.1, -0.05) is 43.5 Å². The average Bonchev–Trinajstić information content (AvgIpc) is 2.74. The summed E-state index contributed by atoms with van der Waals surface area (Å²) >= 11 is 4.24. The highest BCUT2D eigenvalue weighted by atomic mass is 32.1. The molecule has 0 radical (unpaired) electrons. The minimum atomic E-state index is -1.04. The quantitative estimate of drug-likeness (QED) is 0.263. The molecular weight excluding hydrogens is 454 g/mol. The van der Waals surface area contributed by atoms with Gasteiger partial charge < -0.3 is 25.4 Å². The molecule has 2 unspecified atom stereocenters. The number of benzene rings is 1. The van der Waals surface area contributed by atoms with E-state index in [1.807, 2.05) is 32.0 Å². The molecule has 3 amide bonds. The highest BCUT2D eigenvalue weighted by molar-refractivity contribution is 7.80. The number of thiol groups is 1. The van der Waals surface area contributed by atoms with Gasteiger partial charge in [0, 0.05) is 18.8 Å². The van der Waals surface area contributed by atoms with Crippen molar-refractivity contribution >= 4 is 30.5 Å². The molecule has 0 fully saturated rings. The highest BCUT2D eigenvalue weighted by Gasteiger charge is 2.36. The van der Waals surface area contributed by atoms with E-state index in [9.17, 15) is 19.5 Å². The summed E-state index contributed by atoms with van der Waals surface area (Å²) in [5.41, 5.74) is 1.81. The van der Waals surface area contributed by atoms with E-state index in [1.54, 1.807) is 20.8 Å². The van der Waals surface area contributed by atoms with Crippen LogP contribution in [0.15, 0.2) is 18.2 Å². The first-order chi connectivity index (χ1) is 15.9. The minimum Gasteiger partial charge on any atom is -0.444 e. The van der Waals surface area contributed by atoms with Crippen LogP contribution in [0.5, 0.6) is 0 Å². The Morgan fingerprint density at radius 1 is 1.18 bits per heavy atom. The predicted octanol–water partition coefficient (Wildman–Crippen LogP) is 3.29. The van der Waals surface area contributed by atoms with Gasteiger partial charge in [-0.2, -0.15) is 12.6 Å². The summed E-state index contributed by atoms with van der Waals surface area (Å²) < 4.78 is 5.28. The van der Waals surface area contributed by atoms with Gasteiger partial charge in [0.2, 0.25) is 11.8 Å². The number of nitrogens with zero attached hydrogens (tertiary/aromatic N) is 1. The third kappa shape index (κ3) is 9.54. The maximum Gasteiger partial charge on any atom is 0.408 e. The van der Waals surface area contributed by atoms with Crippen LogP contribution in [0, 0.1) is 13.8 Å². The monoisotopic (exact) mass is 495 g/mol. The molecule has 1 aromatic carbocycles. The smallest absolute Gasteiger partial charge is 0.408 e. The number of ether oxygens (including phenoxy) is 1. The largest absolute Gasteiger partial charge is 0.444 e. The number of nitrogens with one attached hydrogen (secondary N) is 2. The summed E-state index contributed by atoms with van der Waals surface area (Å²) in [7, 11) is 0. The molecule has 192 valence electrons. The number of carbonyl (C=O) groups excluding carboxylic acids is 3. The molecule has 1 aromatic rings. The first-order valence-electron chi connectivity index (χ1n) is 11.8. The van der Waals surface area contributed by atoms with Crippen LogP contribution in [-0.4, -0.2) is 65.0 Å². The second kappa shape index (κ2) is 14.2. The van der Waals surface area contributed by atoms with E-state index < -0.39 is 29.7 Å². The Kier molecular flexibility index (Phi) is 12.4. The van der Waals surface area contributed by atoms with Gasteiger partial charge in [-0.3, -0.25) is 9.59 Å². The summed E-state index contributed by atoms with van der Waals surface area (Å²) in [6.45, 7) is 11.1. The van der Waals surface area contributed by atoms with Crippen LogP contribution in [0.25, 0.3) is 0 Å². The summed E-state index contributed by atoms with van der Waals surface area (Å²) in [6, 6.07) is 3.66.